The quantitative estimate of drug-likeness (QED) is 0.782. The van der Waals surface area contributed by atoms with Gasteiger partial charge >= 0.3 is 0 Å². The molecule has 0 bridgehead atoms. The molecule has 2 nitrogen and oxygen atoms in total. The molecule has 0 amide bonds. The van der Waals surface area contributed by atoms with Crippen molar-refractivity contribution >= 4 is 0 Å². The zero-order chi connectivity index (χ0) is 11.4. The molecule has 2 rings (SSSR count). The van der Waals surface area contributed by atoms with Crippen molar-refractivity contribution in [3.05, 3.63) is 30.1 Å². The van der Waals surface area contributed by atoms with Gasteiger partial charge in [-0.1, -0.05) is 12.8 Å². The highest BCUT2D eigenvalue weighted by molar-refractivity contribution is 5.22. The minimum atomic E-state index is -0.238. The Morgan fingerprint density at radius 3 is 2.50 bits per heavy atom. The fourth-order valence-electron chi connectivity index (χ4n) is 2.14. The number of hydrogen-bond acceptors (Lipinski definition) is 2. The van der Waals surface area contributed by atoms with E-state index in [0.717, 1.165) is 12.8 Å². The van der Waals surface area contributed by atoms with Crippen LogP contribution in [0.15, 0.2) is 24.3 Å². The van der Waals surface area contributed by atoms with Gasteiger partial charge in [0.15, 0.2) is 0 Å². The Kier molecular flexibility index (Phi) is 3.78. The van der Waals surface area contributed by atoms with Crippen LogP contribution in [0.25, 0.3) is 0 Å². The summed E-state index contributed by atoms with van der Waals surface area (Å²) in [6.07, 6.45) is 5.68. The van der Waals surface area contributed by atoms with Crippen LogP contribution in [-0.2, 0) is 0 Å². The monoisotopic (exact) mass is 223 g/mol. The predicted octanol–water partition coefficient (Wildman–Crippen LogP) is 2.86. The van der Waals surface area contributed by atoms with Gasteiger partial charge in [0.05, 0.1) is 0 Å². The summed E-state index contributed by atoms with van der Waals surface area (Å²) in [4.78, 5) is 0. The van der Waals surface area contributed by atoms with Crippen LogP contribution in [0.2, 0.25) is 0 Å². The standard InChI is InChI=1S/C13H18FNO/c14-10-6-8-11(9-7-10)16-13-5-3-1-2-4-12(13)15/h6-9,12-13H,1-5,15H2/t12-,13+/m0/s1. The summed E-state index contributed by atoms with van der Waals surface area (Å²) in [7, 11) is 0. The van der Waals surface area contributed by atoms with Gasteiger partial charge in [0.25, 0.3) is 0 Å². The summed E-state index contributed by atoms with van der Waals surface area (Å²) in [6, 6.07) is 6.25. The molecular formula is C13H18FNO. The topological polar surface area (TPSA) is 35.2 Å². The van der Waals surface area contributed by atoms with Gasteiger partial charge in [0, 0.05) is 6.04 Å². The maximum absolute atomic E-state index is 12.7. The lowest BCUT2D eigenvalue weighted by Gasteiger charge is -2.22. The summed E-state index contributed by atoms with van der Waals surface area (Å²) >= 11 is 0. The maximum Gasteiger partial charge on any atom is 0.123 e. The van der Waals surface area contributed by atoms with Crippen molar-refractivity contribution in [1.29, 1.82) is 0 Å². The number of hydrogen-bond donors (Lipinski definition) is 1. The SMILES string of the molecule is N[C@H]1CCCCC[C@H]1Oc1ccc(F)cc1. The summed E-state index contributed by atoms with van der Waals surface area (Å²) in [5, 5.41) is 0. The van der Waals surface area contributed by atoms with Crippen molar-refractivity contribution in [2.24, 2.45) is 5.73 Å². The second-order valence-corrected chi connectivity index (χ2v) is 4.41. The lowest BCUT2D eigenvalue weighted by molar-refractivity contribution is 0.162. The average molecular weight is 223 g/mol. The van der Waals surface area contributed by atoms with Gasteiger partial charge in [-0.15, -0.1) is 0 Å². The molecular weight excluding hydrogens is 205 g/mol. The van der Waals surface area contributed by atoms with E-state index in [2.05, 4.69) is 0 Å². The van der Waals surface area contributed by atoms with Crippen molar-refractivity contribution in [3.8, 4) is 5.75 Å². The highest BCUT2D eigenvalue weighted by Gasteiger charge is 2.21. The smallest absolute Gasteiger partial charge is 0.123 e. The van der Waals surface area contributed by atoms with Gasteiger partial charge in [-0.25, -0.2) is 4.39 Å². The van der Waals surface area contributed by atoms with Crippen molar-refractivity contribution in [3.63, 3.8) is 0 Å². The number of benzene rings is 1. The Balaban J connectivity index is 1.99. The molecule has 1 aromatic carbocycles. The lowest BCUT2D eigenvalue weighted by atomic mass is 10.1. The normalized spacial score (nSPS) is 26.1. The Hall–Kier alpha value is -1.09. The first-order chi connectivity index (χ1) is 7.75. The average Bonchev–Trinajstić information content (AvgIpc) is 2.48. The first-order valence-corrected chi connectivity index (χ1v) is 5.93. The molecule has 1 saturated carbocycles. The summed E-state index contributed by atoms with van der Waals surface area (Å²) in [5.41, 5.74) is 6.06. The predicted molar refractivity (Wildman–Crippen MR) is 61.9 cm³/mol. The molecule has 1 aliphatic rings. The van der Waals surface area contributed by atoms with Gasteiger partial charge in [0.1, 0.15) is 17.7 Å². The summed E-state index contributed by atoms with van der Waals surface area (Å²) in [6.45, 7) is 0. The number of ether oxygens (including phenoxy) is 1. The molecule has 2 atom stereocenters. The van der Waals surface area contributed by atoms with E-state index in [4.69, 9.17) is 10.5 Å². The number of rotatable bonds is 2. The molecule has 0 aliphatic heterocycles. The molecule has 2 N–H and O–H groups in total. The maximum atomic E-state index is 12.7. The molecule has 3 heteroatoms. The lowest BCUT2D eigenvalue weighted by Crippen LogP contribution is -2.37. The summed E-state index contributed by atoms with van der Waals surface area (Å²) in [5.74, 6) is 0.473. The largest absolute Gasteiger partial charge is 0.489 e. The van der Waals surface area contributed by atoms with Crippen molar-refractivity contribution in [1.82, 2.24) is 0 Å². The minimum Gasteiger partial charge on any atom is -0.489 e. The van der Waals surface area contributed by atoms with Crippen LogP contribution in [0.4, 0.5) is 4.39 Å². The Morgan fingerprint density at radius 2 is 1.75 bits per heavy atom. The highest BCUT2D eigenvalue weighted by atomic mass is 19.1. The van der Waals surface area contributed by atoms with Crippen LogP contribution < -0.4 is 10.5 Å². The Labute approximate surface area is 95.6 Å². The van der Waals surface area contributed by atoms with Gasteiger partial charge in [-0.2, -0.15) is 0 Å². The third-order valence-electron chi connectivity index (χ3n) is 3.10. The van der Waals surface area contributed by atoms with Crippen molar-refractivity contribution < 1.29 is 9.13 Å². The van der Waals surface area contributed by atoms with Crippen LogP contribution in [0, 0.1) is 5.82 Å². The fourth-order valence-corrected chi connectivity index (χ4v) is 2.14. The van der Waals surface area contributed by atoms with Gasteiger partial charge in [-0.3, -0.25) is 0 Å². The van der Waals surface area contributed by atoms with Crippen LogP contribution >= 0.6 is 0 Å². The molecule has 0 unspecified atom stereocenters. The fraction of sp³-hybridized carbons (Fsp3) is 0.538. The van der Waals surface area contributed by atoms with Gasteiger partial charge in [0.2, 0.25) is 0 Å². The number of nitrogens with two attached hydrogens (primary N) is 1. The van der Waals surface area contributed by atoms with Crippen molar-refractivity contribution in [2.75, 3.05) is 0 Å². The zero-order valence-electron chi connectivity index (χ0n) is 9.36. The highest BCUT2D eigenvalue weighted by Crippen LogP contribution is 2.22. The van der Waals surface area contributed by atoms with Crippen LogP contribution in [0.1, 0.15) is 32.1 Å². The van der Waals surface area contributed by atoms with E-state index in [9.17, 15) is 4.39 Å². The van der Waals surface area contributed by atoms with E-state index in [1.165, 1.54) is 31.4 Å². The van der Waals surface area contributed by atoms with E-state index < -0.39 is 0 Å². The van der Waals surface area contributed by atoms with Crippen molar-refractivity contribution in [2.45, 2.75) is 44.2 Å². The van der Waals surface area contributed by atoms with E-state index >= 15 is 0 Å². The second-order valence-electron chi connectivity index (χ2n) is 4.41. The Bertz CT molecular complexity index is 325. The molecule has 16 heavy (non-hydrogen) atoms. The molecule has 0 heterocycles. The minimum absolute atomic E-state index is 0.0768. The van der Waals surface area contributed by atoms with E-state index in [1.54, 1.807) is 12.1 Å². The number of halogens is 1. The first kappa shape index (κ1) is 11.4. The van der Waals surface area contributed by atoms with Gasteiger partial charge in [-0.05, 0) is 43.5 Å². The van der Waals surface area contributed by atoms with E-state index in [1.807, 2.05) is 0 Å². The molecule has 1 fully saturated rings. The molecule has 1 aliphatic carbocycles. The van der Waals surface area contributed by atoms with Gasteiger partial charge < -0.3 is 10.5 Å². The Morgan fingerprint density at radius 1 is 1.06 bits per heavy atom. The molecule has 0 spiro atoms. The van der Waals surface area contributed by atoms with Crippen LogP contribution in [-0.4, -0.2) is 12.1 Å². The molecule has 1 aromatic rings. The van der Waals surface area contributed by atoms with E-state index in [-0.39, 0.29) is 18.0 Å². The zero-order valence-corrected chi connectivity index (χ0v) is 9.36. The second kappa shape index (κ2) is 5.30. The molecule has 0 saturated heterocycles. The molecule has 0 aromatic heterocycles. The third-order valence-corrected chi connectivity index (χ3v) is 3.10. The molecule has 88 valence electrons. The van der Waals surface area contributed by atoms with Crippen LogP contribution in [0.5, 0.6) is 5.75 Å². The van der Waals surface area contributed by atoms with Crippen LogP contribution in [0.3, 0.4) is 0 Å². The van der Waals surface area contributed by atoms with E-state index in [0.29, 0.717) is 5.75 Å². The molecule has 0 radical (unpaired) electrons. The first-order valence-electron chi connectivity index (χ1n) is 5.93. The summed E-state index contributed by atoms with van der Waals surface area (Å²) < 4.78 is 18.5. The third kappa shape index (κ3) is 2.95.